The fourth-order valence-electron chi connectivity index (χ4n) is 2.65. The molecule has 1 aliphatic heterocycles. The van der Waals surface area contributed by atoms with Crippen molar-refractivity contribution in [2.24, 2.45) is 0 Å². The zero-order chi connectivity index (χ0) is 18.2. The summed E-state index contributed by atoms with van der Waals surface area (Å²) in [5, 5.41) is 11.7. The zero-order valence-electron chi connectivity index (χ0n) is 14.5. The first-order chi connectivity index (χ1) is 12.0. The van der Waals surface area contributed by atoms with Gasteiger partial charge in [0.2, 0.25) is 5.91 Å². The average Bonchev–Trinajstić information content (AvgIpc) is 2.58. The second-order valence-electron chi connectivity index (χ2n) is 5.97. The number of hydrogen-bond acceptors (Lipinski definition) is 5. The predicted molar refractivity (Wildman–Crippen MR) is 95.9 cm³/mol. The number of nitrogens with one attached hydrogen (secondary N) is 1. The molecule has 1 fully saturated rings. The molecule has 1 aliphatic rings. The van der Waals surface area contributed by atoms with Crippen LogP contribution in [0.4, 0.5) is 5.69 Å². The summed E-state index contributed by atoms with van der Waals surface area (Å²) in [4.78, 5) is 27.1. The Kier molecular flexibility index (Phi) is 6.97. The first-order valence-corrected chi connectivity index (χ1v) is 8.36. The first kappa shape index (κ1) is 19.0. The second kappa shape index (κ2) is 9.19. The molecule has 1 amide bonds. The quantitative estimate of drug-likeness (QED) is 0.690. The van der Waals surface area contributed by atoms with Crippen molar-refractivity contribution in [1.29, 1.82) is 0 Å². The Bertz CT molecular complexity index is 607. The van der Waals surface area contributed by atoms with Crippen LogP contribution < -0.4 is 10.1 Å². The van der Waals surface area contributed by atoms with E-state index in [0.29, 0.717) is 19.7 Å². The van der Waals surface area contributed by atoms with Crippen molar-refractivity contribution in [1.82, 2.24) is 9.80 Å². The minimum atomic E-state index is -0.961. The number of carbonyl (C=O) groups is 2. The van der Waals surface area contributed by atoms with Gasteiger partial charge >= 0.3 is 5.97 Å². The number of ether oxygens (including phenoxy) is 1. The van der Waals surface area contributed by atoms with E-state index in [0.717, 1.165) is 37.6 Å². The van der Waals surface area contributed by atoms with Crippen molar-refractivity contribution in [2.45, 2.75) is 6.92 Å². The number of carboxylic acid groups (broad SMARTS) is 1. The van der Waals surface area contributed by atoms with E-state index in [9.17, 15) is 9.59 Å². The van der Waals surface area contributed by atoms with Gasteiger partial charge in [-0.1, -0.05) is 6.58 Å². The molecule has 7 heteroatoms. The topological polar surface area (TPSA) is 82.1 Å². The van der Waals surface area contributed by atoms with Crippen LogP contribution in [0.15, 0.2) is 36.4 Å². The predicted octanol–water partition coefficient (Wildman–Crippen LogP) is 1.28. The Morgan fingerprint density at radius 1 is 1.12 bits per heavy atom. The van der Waals surface area contributed by atoms with Crippen LogP contribution in [0.1, 0.15) is 6.92 Å². The molecule has 0 unspecified atom stereocenters. The SMILES string of the molecule is C=C(CN1CCN(CC(=O)Nc2ccc(OCC)cc2)CC1)C(=O)O. The standard InChI is InChI=1S/C18H25N3O4/c1-3-25-16-6-4-15(5-7-16)19-17(22)13-21-10-8-20(9-11-21)12-14(2)18(23)24/h4-7H,2-3,8-13H2,1H3,(H,19,22)(H,23,24). The molecule has 0 radical (unpaired) electrons. The summed E-state index contributed by atoms with van der Waals surface area (Å²) in [5.41, 5.74) is 0.937. The monoisotopic (exact) mass is 347 g/mol. The largest absolute Gasteiger partial charge is 0.494 e. The lowest BCUT2D eigenvalue weighted by Crippen LogP contribution is -2.49. The average molecular weight is 347 g/mol. The van der Waals surface area contributed by atoms with Gasteiger partial charge in [0.1, 0.15) is 5.75 Å². The summed E-state index contributed by atoms with van der Waals surface area (Å²) >= 11 is 0. The Morgan fingerprint density at radius 2 is 1.68 bits per heavy atom. The molecular formula is C18H25N3O4. The van der Waals surface area contributed by atoms with E-state index in [-0.39, 0.29) is 11.5 Å². The number of rotatable bonds is 8. The van der Waals surface area contributed by atoms with E-state index in [4.69, 9.17) is 9.84 Å². The number of aliphatic carboxylic acids is 1. The van der Waals surface area contributed by atoms with Gasteiger partial charge in [0.15, 0.2) is 0 Å². The van der Waals surface area contributed by atoms with Gasteiger partial charge in [0.25, 0.3) is 0 Å². The number of anilines is 1. The molecule has 25 heavy (non-hydrogen) atoms. The molecule has 0 bridgehead atoms. The number of amides is 1. The van der Waals surface area contributed by atoms with Gasteiger partial charge in [-0.05, 0) is 31.2 Å². The fourth-order valence-corrected chi connectivity index (χ4v) is 2.65. The van der Waals surface area contributed by atoms with Gasteiger partial charge in [-0.2, -0.15) is 0 Å². The van der Waals surface area contributed by atoms with E-state index in [1.54, 1.807) is 0 Å². The minimum Gasteiger partial charge on any atom is -0.494 e. The van der Waals surface area contributed by atoms with E-state index in [1.807, 2.05) is 36.1 Å². The molecule has 2 rings (SSSR count). The maximum absolute atomic E-state index is 12.2. The maximum Gasteiger partial charge on any atom is 0.332 e. The number of carbonyl (C=O) groups excluding carboxylic acids is 1. The highest BCUT2D eigenvalue weighted by Gasteiger charge is 2.20. The first-order valence-electron chi connectivity index (χ1n) is 8.36. The van der Waals surface area contributed by atoms with Crippen molar-refractivity contribution in [3.63, 3.8) is 0 Å². The molecule has 0 aliphatic carbocycles. The molecule has 0 aromatic heterocycles. The summed E-state index contributed by atoms with van der Waals surface area (Å²) < 4.78 is 5.37. The highest BCUT2D eigenvalue weighted by molar-refractivity contribution is 5.92. The lowest BCUT2D eigenvalue weighted by Gasteiger charge is -2.34. The minimum absolute atomic E-state index is 0.0624. The molecule has 1 aromatic rings. The van der Waals surface area contributed by atoms with E-state index in [1.165, 1.54) is 0 Å². The Hall–Kier alpha value is -2.38. The molecule has 0 atom stereocenters. The van der Waals surface area contributed by atoms with Crippen molar-refractivity contribution < 1.29 is 19.4 Å². The number of piperazine rings is 1. The van der Waals surface area contributed by atoms with E-state index in [2.05, 4.69) is 16.8 Å². The molecule has 2 N–H and O–H groups in total. The maximum atomic E-state index is 12.2. The highest BCUT2D eigenvalue weighted by atomic mass is 16.5. The highest BCUT2D eigenvalue weighted by Crippen LogP contribution is 2.15. The number of benzene rings is 1. The lowest BCUT2D eigenvalue weighted by atomic mass is 10.2. The Labute approximate surface area is 147 Å². The van der Waals surface area contributed by atoms with Gasteiger partial charge in [-0.25, -0.2) is 4.79 Å². The molecule has 7 nitrogen and oxygen atoms in total. The van der Waals surface area contributed by atoms with Gasteiger partial charge in [0, 0.05) is 44.0 Å². The summed E-state index contributed by atoms with van der Waals surface area (Å²) in [7, 11) is 0. The van der Waals surface area contributed by atoms with E-state index < -0.39 is 5.97 Å². The van der Waals surface area contributed by atoms with Crippen molar-refractivity contribution in [2.75, 3.05) is 51.2 Å². The molecule has 0 spiro atoms. The van der Waals surface area contributed by atoms with Gasteiger partial charge in [-0.3, -0.25) is 14.6 Å². The van der Waals surface area contributed by atoms with Crippen LogP contribution in [-0.2, 0) is 9.59 Å². The summed E-state index contributed by atoms with van der Waals surface area (Å²) in [6.07, 6.45) is 0. The third kappa shape index (κ3) is 6.21. The summed E-state index contributed by atoms with van der Waals surface area (Å²) in [6, 6.07) is 7.29. The molecule has 136 valence electrons. The third-order valence-corrected chi connectivity index (χ3v) is 4.00. The third-order valence-electron chi connectivity index (χ3n) is 4.00. The van der Waals surface area contributed by atoms with Crippen LogP contribution in [0.2, 0.25) is 0 Å². The van der Waals surface area contributed by atoms with Crippen LogP contribution in [0.5, 0.6) is 5.75 Å². The number of nitrogens with zero attached hydrogens (tertiary/aromatic N) is 2. The molecule has 1 aromatic carbocycles. The van der Waals surface area contributed by atoms with Gasteiger partial charge < -0.3 is 15.2 Å². The van der Waals surface area contributed by atoms with Crippen LogP contribution >= 0.6 is 0 Å². The smallest absolute Gasteiger partial charge is 0.332 e. The van der Waals surface area contributed by atoms with Crippen molar-refractivity contribution >= 4 is 17.6 Å². The Balaban J connectivity index is 1.73. The number of hydrogen-bond donors (Lipinski definition) is 2. The van der Waals surface area contributed by atoms with Crippen molar-refractivity contribution in [3.8, 4) is 5.75 Å². The van der Waals surface area contributed by atoms with Gasteiger partial charge in [-0.15, -0.1) is 0 Å². The second-order valence-corrected chi connectivity index (χ2v) is 5.97. The van der Waals surface area contributed by atoms with Crippen LogP contribution in [-0.4, -0.2) is 72.7 Å². The van der Waals surface area contributed by atoms with Crippen molar-refractivity contribution in [3.05, 3.63) is 36.4 Å². The van der Waals surface area contributed by atoms with Crippen LogP contribution in [0.3, 0.4) is 0 Å². The van der Waals surface area contributed by atoms with Crippen LogP contribution in [0, 0.1) is 0 Å². The summed E-state index contributed by atoms with van der Waals surface area (Å²) in [6.45, 7) is 9.67. The normalized spacial score (nSPS) is 15.6. The summed E-state index contributed by atoms with van der Waals surface area (Å²) in [5.74, 6) is -0.246. The van der Waals surface area contributed by atoms with Gasteiger partial charge in [0.05, 0.1) is 13.2 Å². The molecular weight excluding hydrogens is 322 g/mol. The molecule has 0 saturated carbocycles. The zero-order valence-corrected chi connectivity index (χ0v) is 14.5. The molecule has 1 heterocycles. The molecule has 1 saturated heterocycles. The lowest BCUT2D eigenvalue weighted by molar-refractivity contribution is -0.132. The fraction of sp³-hybridized carbons (Fsp3) is 0.444. The Morgan fingerprint density at radius 3 is 2.20 bits per heavy atom. The van der Waals surface area contributed by atoms with E-state index >= 15 is 0 Å². The number of carboxylic acids is 1. The van der Waals surface area contributed by atoms with Crippen LogP contribution in [0.25, 0.3) is 0 Å².